The number of rotatable bonds is 2. The first-order valence-corrected chi connectivity index (χ1v) is 10.2. The molecule has 0 bridgehead atoms. The van der Waals surface area contributed by atoms with Crippen LogP contribution in [0.3, 0.4) is 0 Å². The van der Waals surface area contributed by atoms with Gasteiger partial charge in [-0.25, -0.2) is 0 Å². The summed E-state index contributed by atoms with van der Waals surface area (Å²) in [5.41, 5.74) is 1.71. The molecule has 0 atom stereocenters. The van der Waals surface area contributed by atoms with E-state index in [9.17, 15) is 22.8 Å². The van der Waals surface area contributed by atoms with Gasteiger partial charge in [0.15, 0.2) is 0 Å². The highest BCUT2D eigenvalue weighted by Crippen LogP contribution is 2.30. The fraction of sp³-hybridized carbons (Fsp3) is 0.120. The molecule has 2 aromatic heterocycles. The lowest BCUT2D eigenvalue weighted by atomic mass is 10.2. The van der Waals surface area contributed by atoms with E-state index in [1.165, 1.54) is 29.0 Å². The van der Waals surface area contributed by atoms with Crippen LogP contribution >= 0.6 is 11.6 Å². The van der Waals surface area contributed by atoms with E-state index in [-0.39, 0.29) is 16.8 Å². The van der Waals surface area contributed by atoms with Crippen LogP contribution in [0.2, 0.25) is 5.02 Å². The Balaban J connectivity index is 0.000000189. The van der Waals surface area contributed by atoms with Crippen LogP contribution in [0.5, 0.6) is 0 Å². The van der Waals surface area contributed by atoms with Gasteiger partial charge in [-0.1, -0.05) is 29.8 Å². The minimum absolute atomic E-state index is 0.0390. The third-order valence-electron chi connectivity index (χ3n) is 4.67. The zero-order valence-corrected chi connectivity index (χ0v) is 18.6. The lowest BCUT2D eigenvalue weighted by molar-refractivity contribution is -0.137. The predicted octanol–water partition coefficient (Wildman–Crippen LogP) is 5.96. The second-order valence-corrected chi connectivity index (χ2v) is 7.79. The maximum absolute atomic E-state index is 12.6. The largest absolute Gasteiger partial charge is 0.416 e. The van der Waals surface area contributed by atoms with E-state index < -0.39 is 11.7 Å². The van der Waals surface area contributed by atoms with Gasteiger partial charge in [-0.2, -0.15) is 13.2 Å². The van der Waals surface area contributed by atoms with Gasteiger partial charge < -0.3 is 0 Å². The molecule has 8 heteroatoms. The van der Waals surface area contributed by atoms with Crippen molar-refractivity contribution in [2.45, 2.75) is 20.0 Å². The smallest absolute Gasteiger partial charge is 0.284 e. The van der Waals surface area contributed by atoms with E-state index in [1.54, 1.807) is 41.8 Å². The second-order valence-electron chi connectivity index (χ2n) is 7.35. The first-order chi connectivity index (χ1) is 15.5. The summed E-state index contributed by atoms with van der Waals surface area (Å²) in [6.45, 7) is 3.72. The van der Waals surface area contributed by atoms with Gasteiger partial charge in [0.05, 0.1) is 5.56 Å². The highest BCUT2D eigenvalue weighted by molar-refractivity contribution is 6.30. The molecule has 0 radical (unpaired) electrons. The number of aromatic nitrogens is 2. The zero-order chi connectivity index (χ0) is 24.2. The normalized spacial score (nSPS) is 11.0. The fourth-order valence-corrected chi connectivity index (χ4v) is 3.15. The lowest BCUT2D eigenvalue weighted by Gasteiger charge is -2.10. The van der Waals surface area contributed by atoms with Crippen LogP contribution in [-0.2, 0) is 6.18 Å². The molecule has 0 saturated heterocycles. The van der Waals surface area contributed by atoms with Crippen molar-refractivity contribution in [3.63, 3.8) is 0 Å². The summed E-state index contributed by atoms with van der Waals surface area (Å²) in [7, 11) is 0. The van der Waals surface area contributed by atoms with Crippen LogP contribution in [0.1, 0.15) is 16.7 Å². The molecule has 4 nitrogen and oxygen atoms in total. The van der Waals surface area contributed by atoms with Crippen LogP contribution in [0.15, 0.2) is 94.8 Å². The summed E-state index contributed by atoms with van der Waals surface area (Å²) in [6.07, 6.45) is -1.09. The average molecular weight is 473 g/mol. The summed E-state index contributed by atoms with van der Waals surface area (Å²) in [5, 5.41) is 0.666. The molecule has 0 spiro atoms. The van der Waals surface area contributed by atoms with E-state index in [0.717, 1.165) is 28.9 Å². The van der Waals surface area contributed by atoms with Gasteiger partial charge in [0.2, 0.25) is 0 Å². The number of alkyl halides is 3. The van der Waals surface area contributed by atoms with Gasteiger partial charge >= 0.3 is 6.18 Å². The standard InChI is InChI=1S/C13H10F3NO.C12H10ClNO/c1-9-5-6-12(18)17(8-9)11-4-2-3-10(7-11)13(14,15)16;1-9-2-7-12(15)14(8-9)11-5-3-10(13)4-6-11/h2-8H,1H3;2-8H,1H3. The molecule has 2 aromatic carbocycles. The van der Waals surface area contributed by atoms with Gasteiger partial charge in [0.25, 0.3) is 11.1 Å². The molecule has 0 fully saturated rings. The first kappa shape index (κ1) is 24.1. The molecular weight excluding hydrogens is 453 g/mol. The molecule has 0 saturated carbocycles. The maximum atomic E-state index is 12.6. The summed E-state index contributed by atoms with van der Waals surface area (Å²) >= 11 is 5.78. The Morgan fingerprint density at radius 3 is 1.73 bits per heavy atom. The highest BCUT2D eigenvalue weighted by Gasteiger charge is 2.30. The van der Waals surface area contributed by atoms with Crippen LogP contribution in [0.25, 0.3) is 11.4 Å². The van der Waals surface area contributed by atoms with Crippen molar-refractivity contribution in [2.24, 2.45) is 0 Å². The first-order valence-electron chi connectivity index (χ1n) is 9.87. The SMILES string of the molecule is Cc1ccc(=O)n(-c2ccc(Cl)cc2)c1.Cc1ccc(=O)n(-c2cccc(C(F)(F)F)c2)c1. The molecule has 170 valence electrons. The van der Waals surface area contributed by atoms with Crippen molar-refractivity contribution in [3.05, 3.63) is 128 Å². The van der Waals surface area contributed by atoms with Crippen molar-refractivity contribution >= 4 is 11.6 Å². The van der Waals surface area contributed by atoms with Gasteiger partial charge in [0.1, 0.15) is 0 Å². The molecule has 4 rings (SSSR count). The predicted molar refractivity (Wildman–Crippen MR) is 124 cm³/mol. The van der Waals surface area contributed by atoms with E-state index in [4.69, 9.17) is 11.6 Å². The molecule has 0 aliphatic rings. The Hall–Kier alpha value is -3.58. The van der Waals surface area contributed by atoms with Crippen LogP contribution < -0.4 is 11.1 Å². The monoisotopic (exact) mass is 472 g/mol. The van der Waals surface area contributed by atoms with Crippen LogP contribution in [-0.4, -0.2) is 9.13 Å². The second kappa shape index (κ2) is 9.92. The Morgan fingerprint density at radius 2 is 1.21 bits per heavy atom. The number of hydrogen-bond acceptors (Lipinski definition) is 2. The zero-order valence-electron chi connectivity index (χ0n) is 17.8. The van der Waals surface area contributed by atoms with Crippen molar-refractivity contribution in [3.8, 4) is 11.4 Å². The van der Waals surface area contributed by atoms with Gasteiger partial charge in [-0.3, -0.25) is 18.7 Å². The lowest BCUT2D eigenvalue weighted by Crippen LogP contribution is -2.17. The van der Waals surface area contributed by atoms with Crippen molar-refractivity contribution < 1.29 is 13.2 Å². The number of hydrogen-bond donors (Lipinski definition) is 0. The van der Waals surface area contributed by atoms with E-state index in [0.29, 0.717) is 5.02 Å². The highest BCUT2D eigenvalue weighted by atomic mass is 35.5. The van der Waals surface area contributed by atoms with Gasteiger partial charge in [-0.15, -0.1) is 0 Å². The van der Waals surface area contributed by atoms with Crippen molar-refractivity contribution in [2.75, 3.05) is 0 Å². The maximum Gasteiger partial charge on any atom is 0.416 e. The summed E-state index contributed by atoms with van der Waals surface area (Å²) in [6, 6.07) is 18.2. The molecule has 0 aliphatic heterocycles. The summed E-state index contributed by atoms with van der Waals surface area (Å²) < 4.78 is 40.5. The van der Waals surface area contributed by atoms with Crippen LogP contribution in [0.4, 0.5) is 13.2 Å². The number of pyridine rings is 2. The fourth-order valence-electron chi connectivity index (χ4n) is 3.02. The minimum Gasteiger partial charge on any atom is -0.284 e. The van der Waals surface area contributed by atoms with Crippen LogP contribution in [0, 0.1) is 13.8 Å². The topological polar surface area (TPSA) is 44.0 Å². The molecule has 0 aliphatic carbocycles. The van der Waals surface area contributed by atoms with E-state index >= 15 is 0 Å². The molecular formula is C25H20ClF3N2O2. The van der Waals surface area contributed by atoms with Gasteiger partial charge in [0, 0.05) is 40.9 Å². The third kappa shape index (κ3) is 6.23. The Kier molecular flexibility index (Phi) is 7.23. The summed E-state index contributed by atoms with van der Waals surface area (Å²) in [4.78, 5) is 23.2. The number of benzene rings is 2. The Morgan fingerprint density at radius 1 is 0.697 bits per heavy atom. The van der Waals surface area contributed by atoms with Crippen molar-refractivity contribution in [1.29, 1.82) is 0 Å². The van der Waals surface area contributed by atoms with E-state index in [1.807, 2.05) is 25.3 Å². The quantitative estimate of drug-likeness (QED) is 0.361. The third-order valence-corrected chi connectivity index (χ3v) is 4.93. The molecule has 0 N–H and O–H groups in total. The molecule has 0 unspecified atom stereocenters. The Labute approximate surface area is 193 Å². The number of aryl methyl sites for hydroxylation is 2. The molecule has 4 aromatic rings. The number of nitrogens with zero attached hydrogens (tertiary/aromatic N) is 2. The van der Waals surface area contributed by atoms with E-state index in [2.05, 4.69) is 0 Å². The summed E-state index contributed by atoms with van der Waals surface area (Å²) in [5.74, 6) is 0. The Bertz CT molecular complexity index is 1370. The number of halogens is 4. The van der Waals surface area contributed by atoms with Gasteiger partial charge in [-0.05, 0) is 67.4 Å². The average Bonchev–Trinajstić information content (AvgIpc) is 2.78. The minimum atomic E-state index is -4.41. The molecule has 2 heterocycles. The molecule has 0 amide bonds. The molecule has 33 heavy (non-hydrogen) atoms. The van der Waals surface area contributed by atoms with Crippen molar-refractivity contribution in [1.82, 2.24) is 9.13 Å².